The molecule has 180 valence electrons. The zero-order valence-corrected chi connectivity index (χ0v) is 19.9. The van der Waals surface area contributed by atoms with Gasteiger partial charge in [0.15, 0.2) is 11.5 Å². The zero-order chi connectivity index (χ0) is 24.2. The Morgan fingerprint density at radius 2 is 1.86 bits per heavy atom. The van der Waals surface area contributed by atoms with Gasteiger partial charge in [-0.15, -0.1) is 0 Å². The predicted molar refractivity (Wildman–Crippen MR) is 137 cm³/mol. The molecule has 0 spiro atoms. The lowest BCUT2D eigenvalue weighted by molar-refractivity contribution is 0.102. The van der Waals surface area contributed by atoms with Crippen LogP contribution in [0.1, 0.15) is 34.7 Å². The standard InChI is InChI=1S/C27H29N5O3/c1-28-32-14-10-21-15-25(24(34-2)17-23(21)32)35-22-9-13-30-26(16-22)31-27(33)20-5-3-18(4-6-20)19-7-11-29-12-8-19/h3-6,9-10,13-17,19,28-29H,7-8,11-12H2,1-2H3,(H,30,31,33). The molecular weight excluding hydrogens is 442 g/mol. The lowest BCUT2D eigenvalue weighted by atomic mass is 9.90. The molecule has 1 amide bonds. The van der Waals surface area contributed by atoms with Gasteiger partial charge in [0, 0.05) is 42.5 Å². The van der Waals surface area contributed by atoms with Crippen molar-refractivity contribution in [3.63, 3.8) is 0 Å². The lowest BCUT2D eigenvalue weighted by Gasteiger charge is -2.23. The number of piperidine rings is 1. The highest BCUT2D eigenvalue weighted by Crippen LogP contribution is 2.36. The number of anilines is 1. The summed E-state index contributed by atoms with van der Waals surface area (Å²) in [6, 6.07) is 17.1. The second kappa shape index (κ2) is 10.1. The molecular formula is C27H29N5O3. The molecule has 0 unspecified atom stereocenters. The van der Waals surface area contributed by atoms with Crippen molar-refractivity contribution in [3.8, 4) is 17.2 Å². The van der Waals surface area contributed by atoms with Crippen LogP contribution in [0.25, 0.3) is 10.9 Å². The van der Waals surface area contributed by atoms with Gasteiger partial charge in [0.2, 0.25) is 0 Å². The fourth-order valence-electron chi connectivity index (χ4n) is 4.50. The molecule has 1 fully saturated rings. The van der Waals surface area contributed by atoms with E-state index in [1.165, 1.54) is 5.56 Å². The summed E-state index contributed by atoms with van der Waals surface area (Å²) >= 11 is 0. The van der Waals surface area contributed by atoms with Crippen LogP contribution in [-0.2, 0) is 0 Å². The Morgan fingerprint density at radius 3 is 2.60 bits per heavy atom. The molecule has 1 aliphatic rings. The Bertz CT molecular complexity index is 1330. The van der Waals surface area contributed by atoms with Gasteiger partial charge in [-0.3, -0.25) is 9.47 Å². The van der Waals surface area contributed by atoms with E-state index in [9.17, 15) is 4.79 Å². The SMILES string of the molecule is CNn1ccc2cc(Oc3ccnc(NC(=O)c4ccc(C5CCNCC5)cc4)c3)c(OC)cc21. The highest BCUT2D eigenvalue weighted by Gasteiger charge is 2.16. The molecule has 2 aromatic carbocycles. The second-order valence-electron chi connectivity index (χ2n) is 8.55. The van der Waals surface area contributed by atoms with Gasteiger partial charge in [-0.2, -0.15) is 0 Å². The van der Waals surface area contributed by atoms with E-state index < -0.39 is 0 Å². The molecule has 0 radical (unpaired) electrons. The van der Waals surface area contributed by atoms with Crippen LogP contribution in [-0.4, -0.2) is 42.8 Å². The Morgan fingerprint density at radius 1 is 1.06 bits per heavy atom. The van der Waals surface area contributed by atoms with Gasteiger partial charge >= 0.3 is 0 Å². The normalized spacial score (nSPS) is 14.0. The van der Waals surface area contributed by atoms with Crippen LogP contribution in [0.3, 0.4) is 0 Å². The minimum absolute atomic E-state index is 0.209. The van der Waals surface area contributed by atoms with Crippen LogP contribution in [0.15, 0.2) is 67.0 Å². The molecule has 4 aromatic rings. The molecule has 8 nitrogen and oxygen atoms in total. The van der Waals surface area contributed by atoms with Gasteiger partial charge in [0.05, 0.1) is 12.6 Å². The minimum Gasteiger partial charge on any atom is -0.493 e. The fraction of sp³-hybridized carbons (Fsp3) is 0.259. The zero-order valence-electron chi connectivity index (χ0n) is 19.9. The Labute approximate surface area is 204 Å². The van der Waals surface area contributed by atoms with E-state index in [2.05, 4.69) is 33.2 Å². The number of aromatic nitrogens is 2. The van der Waals surface area contributed by atoms with Crippen molar-refractivity contribution in [2.75, 3.05) is 38.0 Å². The maximum Gasteiger partial charge on any atom is 0.256 e. The fourth-order valence-corrected chi connectivity index (χ4v) is 4.50. The van der Waals surface area contributed by atoms with Gasteiger partial charge in [-0.25, -0.2) is 4.98 Å². The summed E-state index contributed by atoms with van der Waals surface area (Å²) in [7, 11) is 3.46. The third-order valence-electron chi connectivity index (χ3n) is 6.40. The van der Waals surface area contributed by atoms with Crippen molar-refractivity contribution in [1.82, 2.24) is 15.0 Å². The number of carbonyl (C=O) groups excluding carboxylic acids is 1. The Kier molecular flexibility index (Phi) is 6.54. The van der Waals surface area contributed by atoms with Crippen LogP contribution >= 0.6 is 0 Å². The number of benzene rings is 2. The first-order chi connectivity index (χ1) is 17.1. The number of nitrogens with zero attached hydrogens (tertiary/aromatic N) is 2. The van der Waals surface area contributed by atoms with Crippen molar-refractivity contribution < 1.29 is 14.3 Å². The molecule has 35 heavy (non-hydrogen) atoms. The number of carbonyl (C=O) groups is 1. The number of fused-ring (bicyclic) bond motifs is 1. The number of nitrogens with one attached hydrogen (secondary N) is 3. The van der Waals surface area contributed by atoms with Crippen molar-refractivity contribution in [2.45, 2.75) is 18.8 Å². The number of methoxy groups -OCH3 is 1. The monoisotopic (exact) mass is 471 g/mol. The summed E-state index contributed by atoms with van der Waals surface area (Å²) in [6.07, 6.45) is 5.79. The van der Waals surface area contributed by atoms with Crippen LogP contribution in [0.4, 0.5) is 5.82 Å². The first-order valence-electron chi connectivity index (χ1n) is 11.8. The molecule has 1 aliphatic heterocycles. The van der Waals surface area contributed by atoms with E-state index in [4.69, 9.17) is 9.47 Å². The number of rotatable bonds is 7. The van der Waals surface area contributed by atoms with Gasteiger partial charge in [-0.1, -0.05) is 12.1 Å². The van der Waals surface area contributed by atoms with Crippen LogP contribution in [0.2, 0.25) is 0 Å². The smallest absolute Gasteiger partial charge is 0.256 e. The van der Waals surface area contributed by atoms with Gasteiger partial charge in [0.1, 0.15) is 11.6 Å². The van der Waals surface area contributed by atoms with Gasteiger partial charge < -0.3 is 25.5 Å². The highest BCUT2D eigenvalue weighted by molar-refractivity contribution is 6.03. The first kappa shape index (κ1) is 22.7. The van der Waals surface area contributed by atoms with E-state index in [-0.39, 0.29) is 5.91 Å². The molecule has 0 aliphatic carbocycles. The summed E-state index contributed by atoms with van der Waals surface area (Å²) < 4.78 is 13.6. The second-order valence-corrected chi connectivity index (χ2v) is 8.55. The average Bonchev–Trinajstić information content (AvgIpc) is 3.30. The first-order valence-corrected chi connectivity index (χ1v) is 11.8. The topological polar surface area (TPSA) is 89.4 Å². The average molecular weight is 472 g/mol. The molecule has 2 aromatic heterocycles. The summed E-state index contributed by atoms with van der Waals surface area (Å²) in [5.74, 6) is 2.48. The molecule has 5 rings (SSSR count). The van der Waals surface area contributed by atoms with Crippen molar-refractivity contribution in [3.05, 3.63) is 78.1 Å². The largest absolute Gasteiger partial charge is 0.493 e. The molecule has 3 N–H and O–H groups in total. The Balaban J connectivity index is 1.30. The van der Waals surface area contributed by atoms with Crippen molar-refractivity contribution in [2.24, 2.45) is 0 Å². The van der Waals surface area contributed by atoms with Crippen LogP contribution in [0, 0.1) is 0 Å². The number of amides is 1. The van der Waals surface area contributed by atoms with Gasteiger partial charge in [-0.05, 0) is 67.7 Å². The maximum atomic E-state index is 12.8. The maximum absolute atomic E-state index is 12.8. The summed E-state index contributed by atoms with van der Waals surface area (Å²) in [6.45, 7) is 2.08. The van der Waals surface area contributed by atoms with E-state index in [1.807, 2.05) is 48.3 Å². The highest BCUT2D eigenvalue weighted by atomic mass is 16.5. The lowest BCUT2D eigenvalue weighted by Crippen LogP contribution is -2.26. The number of pyridine rings is 1. The van der Waals surface area contributed by atoms with Gasteiger partial charge in [0.25, 0.3) is 5.91 Å². The molecule has 3 heterocycles. The third kappa shape index (κ3) is 4.93. The molecule has 0 bridgehead atoms. The number of hydrogen-bond donors (Lipinski definition) is 3. The minimum atomic E-state index is -0.209. The van der Waals surface area contributed by atoms with E-state index in [0.29, 0.717) is 34.5 Å². The van der Waals surface area contributed by atoms with E-state index >= 15 is 0 Å². The molecule has 0 saturated carbocycles. The van der Waals surface area contributed by atoms with Crippen LogP contribution in [0.5, 0.6) is 17.2 Å². The molecule has 0 atom stereocenters. The predicted octanol–water partition coefficient (Wildman–Crippen LogP) is 4.73. The quantitative estimate of drug-likeness (QED) is 0.361. The van der Waals surface area contributed by atoms with Crippen LogP contribution < -0.4 is 25.5 Å². The van der Waals surface area contributed by atoms with E-state index in [1.54, 1.807) is 25.4 Å². The van der Waals surface area contributed by atoms with Crippen molar-refractivity contribution >= 4 is 22.6 Å². The Hall–Kier alpha value is -4.04. The van der Waals surface area contributed by atoms with E-state index in [0.717, 1.165) is 36.8 Å². The summed E-state index contributed by atoms with van der Waals surface area (Å²) in [5.41, 5.74) is 5.95. The summed E-state index contributed by atoms with van der Waals surface area (Å²) in [5, 5.41) is 7.26. The molecule has 1 saturated heterocycles. The third-order valence-corrected chi connectivity index (χ3v) is 6.40. The number of hydrogen-bond acceptors (Lipinski definition) is 6. The number of ether oxygens (including phenoxy) is 2. The molecule has 8 heteroatoms. The van der Waals surface area contributed by atoms with Crippen molar-refractivity contribution in [1.29, 1.82) is 0 Å². The summed E-state index contributed by atoms with van der Waals surface area (Å²) in [4.78, 5) is 17.1.